The lowest BCUT2D eigenvalue weighted by molar-refractivity contribution is -0.0498. The largest absolute Gasteiger partial charge is 0.435 e. The third-order valence-electron chi connectivity index (χ3n) is 6.10. The van der Waals surface area contributed by atoms with Crippen molar-refractivity contribution >= 4 is 26.6 Å². The van der Waals surface area contributed by atoms with Gasteiger partial charge in [-0.2, -0.15) is 13.9 Å². The van der Waals surface area contributed by atoms with Gasteiger partial charge in [0.1, 0.15) is 11.9 Å². The van der Waals surface area contributed by atoms with Crippen LogP contribution in [0.2, 0.25) is 0 Å². The summed E-state index contributed by atoms with van der Waals surface area (Å²) in [5.41, 5.74) is 0.914. The lowest BCUT2D eigenvalue weighted by Gasteiger charge is -2.38. The Labute approximate surface area is 194 Å². The van der Waals surface area contributed by atoms with Crippen LogP contribution in [0, 0.1) is 5.92 Å². The predicted octanol–water partition coefficient (Wildman–Crippen LogP) is 2.99. The highest BCUT2D eigenvalue weighted by Crippen LogP contribution is 2.43. The van der Waals surface area contributed by atoms with Crippen molar-refractivity contribution in [3.05, 3.63) is 53.7 Å². The van der Waals surface area contributed by atoms with Crippen molar-refractivity contribution in [1.82, 2.24) is 15.1 Å². The van der Waals surface area contributed by atoms with Crippen molar-refractivity contribution in [3.8, 4) is 11.4 Å². The van der Waals surface area contributed by atoms with Crippen molar-refractivity contribution in [3.63, 3.8) is 0 Å². The van der Waals surface area contributed by atoms with Crippen LogP contribution in [-0.2, 0) is 9.84 Å². The maximum absolute atomic E-state index is 12.9. The number of carbonyl (C=O) groups is 1. The second kappa shape index (κ2) is 8.02. The first-order valence-electron chi connectivity index (χ1n) is 10.8. The number of carbonyl (C=O) groups excluding carboxylic acids is 1. The van der Waals surface area contributed by atoms with E-state index >= 15 is 0 Å². The van der Waals surface area contributed by atoms with E-state index in [1.165, 1.54) is 16.8 Å². The third-order valence-corrected chi connectivity index (χ3v) is 8.25. The van der Waals surface area contributed by atoms with Crippen LogP contribution in [0.4, 0.5) is 8.78 Å². The van der Waals surface area contributed by atoms with Crippen LogP contribution < -0.4 is 10.1 Å². The Morgan fingerprint density at radius 3 is 2.62 bits per heavy atom. The fraction of sp³-hybridized carbons (Fsp3) is 0.391. The number of hydrogen-bond acceptors (Lipinski definition) is 6. The minimum Gasteiger partial charge on any atom is -0.435 e. The van der Waals surface area contributed by atoms with Gasteiger partial charge in [-0.25, -0.2) is 13.1 Å². The smallest absolute Gasteiger partial charge is 0.387 e. The van der Waals surface area contributed by atoms with Gasteiger partial charge in [-0.3, -0.25) is 4.79 Å². The van der Waals surface area contributed by atoms with Gasteiger partial charge in [-0.1, -0.05) is 6.07 Å². The van der Waals surface area contributed by atoms with E-state index in [0.29, 0.717) is 27.8 Å². The topological polar surface area (TPSA) is 111 Å². The van der Waals surface area contributed by atoms with Gasteiger partial charge in [0.25, 0.3) is 5.91 Å². The Bertz CT molecular complexity index is 1370. The number of sulfone groups is 1. The van der Waals surface area contributed by atoms with E-state index in [0.717, 1.165) is 12.8 Å². The van der Waals surface area contributed by atoms with Gasteiger partial charge in [0.2, 0.25) is 0 Å². The molecule has 3 aromatic rings. The monoisotopic (exact) mass is 491 g/mol. The number of hydrogen-bond donors (Lipinski definition) is 2. The molecule has 1 aliphatic heterocycles. The highest BCUT2D eigenvalue weighted by molar-refractivity contribution is 7.93. The zero-order valence-electron chi connectivity index (χ0n) is 18.2. The fourth-order valence-electron chi connectivity index (χ4n) is 4.47. The first-order chi connectivity index (χ1) is 16.0. The summed E-state index contributed by atoms with van der Waals surface area (Å²) >= 11 is 0. The number of benzene rings is 2. The molecule has 5 rings (SSSR count). The summed E-state index contributed by atoms with van der Waals surface area (Å²) in [6.07, 6.45) is 0.886. The zero-order chi connectivity index (χ0) is 24.3. The first-order valence-corrected chi connectivity index (χ1v) is 12.6. The van der Waals surface area contributed by atoms with Crippen LogP contribution in [0.3, 0.4) is 0 Å². The number of alkyl halides is 2. The number of aliphatic hydroxyl groups is 1. The molecule has 1 aromatic heterocycles. The van der Waals surface area contributed by atoms with E-state index in [1.807, 2.05) is 0 Å². The van der Waals surface area contributed by atoms with Crippen LogP contribution >= 0.6 is 0 Å². The molecular formula is C23H23F2N3O5S. The Morgan fingerprint density at radius 2 is 1.97 bits per heavy atom. The number of aromatic nitrogens is 2. The number of fused-ring (bicyclic) bond motifs is 1. The summed E-state index contributed by atoms with van der Waals surface area (Å²) in [6.45, 7) is -1.29. The van der Waals surface area contributed by atoms with Gasteiger partial charge in [0.15, 0.2) is 9.84 Å². The molecule has 0 unspecified atom stereocenters. The number of aliphatic hydroxyl groups excluding tert-OH is 1. The standard InChI is InChI=1S/C23H23F2N3O5S/c1-23(11-34(31,32)12-23)26-21(30)14-7-8-18-17(9-14)19(20(29)13-5-6-13)27-28(18)15-3-2-4-16(10-15)33-22(24)25/h2-4,7-10,13,20,22,29H,5-6,11-12H2,1H3,(H,26,30)/t20-/m0/s1. The van der Waals surface area contributed by atoms with E-state index in [-0.39, 0.29) is 23.2 Å². The number of amides is 1. The molecule has 1 amide bonds. The van der Waals surface area contributed by atoms with Gasteiger partial charge >= 0.3 is 6.61 Å². The summed E-state index contributed by atoms with van der Waals surface area (Å²) in [5, 5.41) is 18.8. The first kappa shape index (κ1) is 22.7. The van der Waals surface area contributed by atoms with Crippen molar-refractivity contribution in [2.24, 2.45) is 5.92 Å². The minimum absolute atomic E-state index is 0.0277. The Balaban J connectivity index is 1.53. The molecule has 0 bridgehead atoms. The maximum Gasteiger partial charge on any atom is 0.387 e. The van der Waals surface area contributed by atoms with Gasteiger partial charge in [0.05, 0.1) is 33.9 Å². The molecule has 34 heavy (non-hydrogen) atoms. The number of nitrogens with zero attached hydrogens (tertiary/aromatic N) is 2. The van der Waals surface area contributed by atoms with Gasteiger partial charge < -0.3 is 15.2 Å². The quantitative estimate of drug-likeness (QED) is 0.526. The molecule has 180 valence electrons. The summed E-state index contributed by atoms with van der Waals surface area (Å²) in [7, 11) is -3.13. The van der Waals surface area contributed by atoms with Crippen molar-refractivity contribution < 1.29 is 31.8 Å². The Morgan fingerprint density at radius 1 is 1.24 bits per heavy atom. The molecule has 2 aliphatic rings. The summed E-state index contributed by atoms with van der Waals surface area (Å²) in [5.74, 6) is -0.619. The van der Waals surface area contributed by atoms with Crippen LogP contribution in [0.5, 0.6) is 5.75 Å². The van der Waals surface area contributed by atoms with Gasteiger partial charge in [-0.05, 0) is 56.0 Å². The van der Waals surface area contributed by atoms with Crippen molar-refractivity contribution in [1.29, 1.82) is 0 Å². The van der Waals surface area contributed by atoms with E-state index in [9.17, 15) is 27.1 Å². The molecule has 0 spiro atoms. The molecular weight excluding hydrogens is 468 g/mol. The highest BCUT2D eigenvalue weighted by atomic mass is 32.2. The molecule has 1 atom stereocenters. The minimum atomic E-state index is -3.13. The third kappa shape index (κ3) is 4.37. The van der Waals surface area contributed by atoms with Gasteiger partial charge in [-0.15, -0.1) is 0 Å². The van der Waals surface area contributed by atoms with Crippen molar-refractivity contribution in [2.75, 3.05) is 11.5 Å². The van der Waals surface area contributed by atoms with E-state index < -0.39 is 34.0 Å². The molecule has 2 heterocycles. The molecule has 0 radical (unpaired) electrons. The lowest BCUT2D eigenvalue weighted by Crippen LogP contribution is -2.63. The normalized spacial score (nSPS) is 19.6. The summed E-state index contributed by atoms with van der Waals surface area (Å²) < 4.78 is 54.5. The molecule has 11 heteroatoms. The molecule has 1 saturated carbocycles. The average Bonchev–Trinajstić information content (AvgIpc) is 3.51. The molecule has 8 nitrogen and oxygen atoms in total. The van der Waals surface area contributed by atoms with E-state index in [2.05, 4.69) is 15.2 Å². The maximum atomic E-state index is 12.9. The zero-order valence-corrected chi connectivity index (χ0v) is 19.1. The van der Waals surface area contributed by atoms with Crippen LogP contribution in [-0.4, -0.2) is 52.9 Å². The molecule has 1 saturated heterocycles. The summed E-state index contributed by atoms with van der Waals surface area (Å²) in [6, 6.07) is 10.9. The Kier molecular flexibility index (Phi) is 5.36. The lowest BCUT2D eigenvalue weighted by atomic mass is 10.0. The highest BCUT2D eigenvalue weighted by Gasteiger charge is 2.45. The average molecular weight is 492 g/mol. The summed E-state index contributed by atoms with van der Waals surface area (Å²) in [4.78, 5) is 12.9. The van der Waals surface area contributed by atoms with Crippen LogP contribution in [0.25, 0.3) is 16.6 Å². The fourth-order valence-corrected chi connectivity index (χ4v) is 6.47. The molecule has 2 N–H and O–H groups in total. The number of halogens is 2. The number of nitrogens with one attached hydrogen (secondary N) is 1. The predicted molar refractivity (Wildman–Crippen MR) is 120 cm³/mol. The second-order valence-electron chi connectivity index (χ2n) is 9.23. The van der Waals surface area contributed by atoms with E-state index in [4.69, 9.17) is 0 Å². The van der Waals surface area contributed by atoms with Crippen molar-refractivity contribution in [2.45, 2.75) is 38.0 Å². The molecule has 1 aliphatic carbocycles. The van der Waals surface area contributed by atoms with Crippen LogP contribution in [0.15, 0.2) is 42.5 Å². The Hall–Kier alpha value is -3.05. The molecule has 2 fully saturated rings. The second-order valence-corrected chi connectivity index (χ2v) is 11.3. The van der Waals surface area contributed by atoms with Gasteiger partial charge in [0, 0.05) is 17.0 Å². The molecule has 2 aromatic carbocycles. The number of rotatable bonds is 7. The van der Waals surface area contributed by atoms with Crippen LogP contribution in [0.1, 0.15) is 41.9 Å². The SMILES string of the molecule is CC1(NC(=O)c2ccc3c(c2)c([C@@H](O)C2CC2)nn3-c2cccc(OC(F)F)c2)CS(=O)(=O)C1. The van der Waals surface area contributed by atoms with E-state index in [1.54, 1.807) is 37.3 Å². The number of ether oxygens (including phenoxy) is 1.